The topological polar surface area (TPSA) is 34.1 Å². The molecule has 1 aliphatic rings. The number of hydrogen-bond acceptors (Lipinski definition) is 4. The maximum Gasteiger partial charge on any atom is 0.137 e. The van der Waals surface area contributed by atoms with Crippen molar-refractivity contribution in [2.75, 3.05) is 38.3 Å². The second-order valence-electron chi connectivity index (χ2n) is 5.27. The SMILES string of the molecule is COc1ccc(C=Nc2ccc(N3CCOCC3)cc2)cc1Cl. The molecule has 120 valence electrons. The van der Waals surface area contributed by atoms with Gasteiger partial charge in [0.05, 0.1) is 31.0 Å². The molecule has 0 N–H and O–H groups in total. The maximum absolute atomic E-state index is 6.12. The summed E-state index contributed by atoms with van der Waals surface area (Å²) in [6, 6.07) is 13.8. The lowest BCUT2D eigenvalue weighted by atomic mass is 10.2. The Labute approximate surface area is 141 Å². The van der Waals surface area contributed by atoms with Crippen LogP contribution in [0, 0.1) is 0 Å². The molecule has 0 radical (unpaired) electrons. The fourth-order valence-corrected chi connectivity index (χ4v) is 2.75. The van der Waals surface area contributed by atoms with Crippen molar-refractivity contribution >= 4 is 29.2 Å². The molecule has 23 heavy (non-hydrogen) atoms. The Morgan fingerprint density at radius 1 is 1.13 bits per heavy atom. The Morgan fingerprint density at radius 2 is 1.87 bits per heavy atom. The molecule has 1 fully saturated rings. The summed E-state index contributed by atoms with van der Waals surface area (Å²) in [4.78, 5) is 6.81. The van der Waals surface area contributed by atoms with E-state index < -0.39 is 0 Å². The molecule has 1 aliphatic heterocycles. The molecule has 0 aromatic heterocycles. The fourth-order valence-electron chi connectivity index (χ4n) is 2.48. The Kier molecular flexibility index (Phi) is 5.16. The van der Waals surface area contributed by atoms with E-state index in [4.69, 9.17) is 21.1 Å². The molecule has 1 saturated heterocycles. The highest BCUT2D eigenvalue weighted by Gasteiger charge is 2.10. The number of ether oxygens (including phenoxy) is 2. The highest BCUT2D eigenvalue weighted by atomic mass is 35.5. The number of anilines is 1. The molecule has 0 saturated carbocycles. The number of benzene rings is 2. The van der Waals surface area contributed by atoms with Crippen LogP contribution < -0.4 is 9.64 Å². The van der Waals surface area contributed by atoms with Gasteiger partial charge in [0.1, 0.15) is 5.75 Å². The monoisotopic (exact) mass is 330 g/mol. The first kappa shape index (κ1) is 15.8. The van der Waals surface area contributed by atoms with Crippen LogP contribution in [0.1, 0.15) is 5.56 Å². The standard InChI is InChI=1S/C18H19ClN2O2/c1-22-18-7-2-14(12-17(18)19)13-20-15-3-5-16(6-4-15)21-8-10-23-11-9-21/h2-7,12-13H,8-11H2,1H3. The van der Waals surface area contributed by atoms with Crippen LogP contribution in [-0.2, 0) is 4.74 Å². The predicted octanol–water partition coefficient (Wildman–Crippen LogP) is 3.94. The first-order valence-corrected chi connectivity index (χ1v) is 7.94. The zero-order valence-electron chi connectivity index (χ0n) is 13.0. The molecule has 5 heteroatoms. The highest BCUT2D eigenvalue weighted by molar-refractivity contribution is 6.32. The minimum Gasteiger partial charge on any atom is -0.495 e. The van der Waals surface area contributed by atoms with Crippen LogP contribution in [0.5, 0.6) is 5.75 Å². The lowest BCUT2D eigenvalue weighted by Crippen LogP contribution is -2.36. The summed E-state index contributed by atoms with van der Waals surface area (Å²) >= 11 is 6.12. The molecule has 0 unspecified atom stereocenters. The van der Waals surface area contributed by atoms with Crippen molar-refractivity contribution in [3.63, 3.8) is 0 Å². The zero-order chi connectivity index (χ0) is 16.1. The smallest absolute Gasteiger partial charge is 0.137 e. The first-order valence-electron chi connectivity index (χ1n) is 7.56. The Bertz CT molecular complexity index is 680. The number of halogens is 1. The summed E-state index contributed by atoms with van der Waals surface area (Å²) < 4.78 is 10.5. The first-order chi connectivity index (χ1) is 11.3. The van der Waals surface area contributed by atoms with Crippen molar-refractivity contribution in [1.29, 1.82) is 0 Å². The Hall–Kier alpha value is -2.04. The number of nitrogens with zero attached hydrogens (tertiary/aromatic N) is 2. The summed E-state index contributed by atoms with van der Waals surface area (Å²) in [7, 11) is 1.60. The third-order valence-corrected chi connectivity index (χ3v) is 4.06. The van der Waals surface area contributed by atoms with E-state index in [1.54, 1.807) is 13.3 Å². The average Bonchev–Trinajstić information content (AvgIpc) is 2.61. The van der Waals surface area contributed by atoms with Crippen molar-refractivity contribution in [2.45, 2.75) is 0 Å². The second-order valence-corrected chi connectivity index (χ2v) is 5.68. The van der Waals surface area contributed by atoms with Gasteiger partial charge in [-0.2, -0.15) is 0 Å². The molecule has 4 nitrogen and oxygen atoms in total. The molecule has 0 aliphatic carbocycles. The number of methoxy groups -OCH3 is 1. The fraction of sp³-hybridized carbons (Fsp3) is 0.278. The lowest BCUT2D eigenvalue weighted by Gasteiger charge is -2.28. The van der Waals surface area contributed by atoms with E-state index >= 15 is 0 Å². The van der Waals surface area contributed by atoms with Gasteiger partial charge in [-0.15, -0.1) is 0 Å². The molecule has 2 aromatic carbocycles. The normalized spacial score (nSPS) is 15.1. The Morgan fingerprint density at radius 3 is 2.52 bits per heavy atom. The van der Waals surface area contributed by atoms with Crippen LogP contribution in [0.2, 0.25) is 5.02 Å². The van der Waals surface area contributed by atoms with Gasteiger partial charge in [-0.1, -0.05) is 11.6 Å². The van der Waals surface area contributed by atoms with Crippen LogP contribution in [0.4, 0.5) is 11.4 Å². The van der Waals surface area contributed by atoms with Crippen LogP contribution in [-0.4, -0.2) is 39.6 Å². The van der Waals surface area contributed by atoms with Crippen molar-refractivity contribution in [3.05, 3.63) is 53.1 Å². The molecule has 0 atom stereocenters. The van der Waals surface area contributed by atoms with E-state index in [1.807, 2.05) is 30.3 Å². The van der Waals surface area contributed by atoms with Crippen LogP contribution >= 0.6 is 11.6 Å². The van der Waals surface area contributed by atoms with Gasteiger partial charge < -0.3 is 14.4 Å². The Balaban J connectivity index is 1.68. The number of aliphatic imine (C=N–C) groups is 1. The summed E-state index contributed by atoms with van der Waals surface area (Å²) in [5.41, 5.74) is 3.06. The molecule has 2 aromatic rings. The summed E-state index contributed by atoms with van der Waals surface area (Å²) in [5, 5.41) is 0.583. The summed E-state index contributed by atoms with van der Waals surface area (Å²) in [5.74, 6) is 0.665. The van der Waals surface area contributed by atoms with Gasteiger partial charge in [0.25, 0.3) is 0 Å². The van der Waals surface area contributed by atoms with E-state index in [1.165, 1.54) is 5.69 Å². The van der Waals surface area contributed by atoms with Crippen molar-refractivity contribution in [2.24, 2.45) is 4.99 Å². The van der Waals surface area contributed by atoms with Gasteiger partial charge in [0.2, 0.25) is 0 Å². The average molecular weight is 331 g/mol. The predicted molar refractivity (Wildman–Crippen MR) is 94.7 cm³/mol. The van der Waals surface area contributed by atoms with E-state index in [0.29, 0.717) is 10.8 Å². The number of hydrogen-bond donors (Lipinski definition) is 0. The summed E-state index contributed by atoms with van der Waals surface area (Å²) in [6.45, 7) is 3.45. The van der Waals surface area contributed by atoms with E-state index in [9.17, 15) is 0 Å². The highest BCUT2D eigenvalue weighted by Crippen LogP contribution is 2.25. The third-order valence-electron chi connectivity index (χ3n) is 3.76. The van der Waals surface area contributed by atoms with Gasteiger partial charge in [0.15, 0.2) is 0 Å². The van der Waals surface area contributed by atoms with Crippen LogP contribution in [0.25, 0.3) is 0 Å². The van der Waals surface area contributed by atoms with Gasteiger partial charge in [-0.05, 0) is 48.0 Å². The third kappa shape index (κ3) is 4.03. The lowest BCUT2D eigenvalue weighted by molar-refractivity contribution is 0.122. The van der Waals surface area contributed by atoms with Gasteiger partial charge in [-0.3, -0.25) is 4.99 Å². The number of rotatable bonds is 4. The zero-order valence-corrected chi connectivity index (χ0v) is 13.8. The second kappa shape index (κ2) is 7.49. The van der Waals surface area contributed by atoms with Crippen LogP contribution in [0.3, 0.4) is 0 Å². The molecular formula is C18H19ClN2O2. The van der Waals surface area contributed by atoms with Gasteiger partial charge in [-0.25, -0.2) is 0 Å². The van der Waals surface area contributed by atoms with E-state index in [2.05, 4.69) is 22.0 Å². The number of morpholine rings is 1. The largest absolute Gasteiger partial charge is 0.495 e. The van der Waals surface area contributed by atoms with E-state index in [-0.39, 0.29) is 0 Å². The maximum atomic E-state index is 6.12. The molecule has 0 spiro atoms. The van der Waals surface area contributed by atoms with E-state index in [0.717, 1.165) is 37.6 Å². The van der Waals surface area contributed by atoms with Gasteiger partial charge >= 0.3 is 0 Å². The van der Waals surface area contributed by atoms with Crippen molar-refractivity contribution in [1.82, 2.24) is 0 Å². The minimum absolute atomic E-state index is 0.583. The van der Waals surface area contributed by atoms with Crippen LogP contribution in [0.15, 0.2) is 47.5 Å². The molecule has 0 bridgehead atoms. The minimum atomic E-state index is 0.583. The molecule has 1 heterocycles. The summed E-state index contributed by atoms with van der Waals surface area (Å²) in [6.07, 6.45) is 1.80. The molecule has 3 rings (SSSR count). The molecular weight excluding hydrogens is 312 g/mol. The quantitative estimate of drug-likeness (QED) is 0.796. The van der Waals surface area contributed by atoms with Crippen molar-refractivity contribution < 1.29 is 9.47 Å². The van der Waals surface area contributed by atoms with Gasteiger partial charge in [0, 0.05) is 25.0 Å². The molecule has 0 amide bonds. The van der Waals surface area contributed by atoms with Crippen molar-refractivity contribution in [3.8, 4) is 5.75 Å².